The molecular weight excluding hydrogens is 207 g/mol. The lowest BCUT2D eigenvalue weighted by Gasteiger charge is -2.25. The minimum Gasteiger partial charge on any atom is -0.496 e. The average molecular weight is 224 g/mol. The van der Waals surface area contributed by atoms with E-state index >= 15 is 0 Å². The molecule has 0 bridgehead atoms. The quantitative estimate of drug-likeness (QED) is 0.816. The largest absolute Gasteiger partial charge is 0.496 e. The van der Waals surface area contributed by atoms with Gasteiger partial charge in [0.1, 0.15) is 11.6 Å². The molecule has 1 atom stereocenters. The molecule has 1 aromatic carbocycles. The highest BCUT2D eigenvalue weighted by molar-refractivity contribution is 5.39. The zero-order valence-corrected chi connectivity index (χ0v) is 9.59. The maximum Gasteiger partial charge on any atom is 0.123 e. The van der Waals surface area contributed by atoms with E-state index in [9.17, 15) is 4.39 Å². The monoisotopic (exact) mass is 224 g/mol. The molecule has 1 fully saturated rings. The summed E-state index contributed by atoms with van der Waals surface area (Å²) in [6, 6.07) is 4.47. The highest BCUT2D eigenvalue weighted by Gasteiger charge is 2.46. The summed E-state index contributed by atoms with van der Waals surface area (Å²) in [5, 5.41) is 3.15. The minimum absolute atomic E-state index is 0.0573. The highest BCUT2D eigenvalue weighted by Crippen LogP contribution is 2.45. The first kappa shape index (κ1) is 11.4. The van der Waals surface area contributed by atoms with Crippen molar-refractivity contribution in [3.63, 3.8) is 0 Å². The Morgan fingerprint density at radius 1 is 1.50 bits per heavy atom. The first-order valence-corrected chi connectivity index (χ1v) is 5.40. The van der Waals surface area contributed by atoms with Gasteiger partial charge in [-0.2, -0.15) is 0 Å². The third kappa shape index (κ3) is 1.90. The lowest BCUT2D eigenvalue weighted by atomic mass is 9.97. The number of benzene rings is 1. The van der Waals surface area contributed by atoms with Gasteiger partial charge in [0.25, 0.3) is 0 Å². The van der Waals surface area contributed by atoms with Crippen LogP contribution in [-0.2, 0) is 0 Å². The number of methoxy groups -OCH3 is 1. The van der Waals surface area contributed by atoms with E-state index in [-0.39, 0.29) is 17.4 Å². The van der Waals surface area contributed by atoms with E-state index in [0.29, 0.717) is 5.75 Å². The van der Waals surface area contributed by atoms with E-state index in [1.807, 2.05) is 7.05 Å². The van der Waals surface area contributed by atoms with Crippen LogP contribution in [0.25, 0.3) is 0 Å². The molecule has 1 saturated carbocycles. The molecule has 0 amide bonds. The molecular formula is C12H17FN2O. The molecule has 0 radical (unpaired) electrons. The number of nitrogens with one attached hydrogen (secondary N) is 1. The van der Waals surface area contributed by atoms with Crippen molar-refractivity contribution < 1.29 is 9.13 Å². The summed E-state index contributed by atoms with van der Waals surface area (Å²) in [6.07, 6.45) is 1.91. The Bertz CT molecular complexity index is 391. The van der Waals surface area contributed by atoms with E-state index in [1.54, 1.807) is 13.2 Å². The third-order valence-electron chi connectivity index (χ3n) is 3.19. The molecule has 3 N–H and O–H groups in total. The van der Waals surface area contributed by atoms with Crippen molar-refractivity contribution in [2.75, 3.05) is 14.2 Å². The van der Waals surface area contributed by atoms with Crippen molar-refractivity contribution in [2.24, 2.45) is 5.73 Å². The summed E-state index contributed by atoms with van der Waals surface area (Å²) >= 11 is 0. The fraction of sp³-hybridized carbons (Fsp3) is 0.500. The van der Waals surface area contributed by atoms with Crippen molar-refractivity contribution in [1.29, 1.82) is 0 Å². The molecule has 1 aliphatic carbocycles. The van der Waals surface area contributed by atoms with Crippen molar-refractivity contribution in [2.45, 2.75) is 24.4 Å². The van der Waals surface area contributed by atoms with Crippen LogP contribution >= 0.6 is 0 Å². The third-order valence-corrected chi connectivity index (χ3v) is 3.19. The highest BCUT2D eigenvalue weighted by atomic mass is 19.1. The van der Waals surface area contributed by atoms with Crippen LogP contribution in [0.3, 0.4) is 0 Å². The van der Waals surface area contributed by atoms with Gasteiger partial charge in [0.05, 0.1) is 13.2 Å². The Morgan fingerprint density at radius 2 is 2.19 bits per heavy atom. The van der Waals surface area contributed by atoms with Gasteiger partial charge < -0.3 is 15.8 Å². The molecule has 1 aliphatic rings. The number of nitrogens with two attached hydrogens (primary N) is 1. The number of likely N-dealkylation sites (N-methyl/N-ethyl adjacent to an activating group) is 1. The molecule has 1 aromatic rings. The Kier molecular flexibility index (Phi) is 2.86. The molecule has 0 aromatic heterocycles. The molecule has 4 heteroatoms. The van der Waals surface area contributed by atoms with Gasteiger partial charge in [-0.25, -0.2) is 4.39 Å². The van der Waals surface area contributed by atoms with Gasteiger partial charge in [0, 0.05) is 11.1 Å². The van der Waals surface area contributed by atoms with E-state index in [2.05, 4.69) is 5.32 Å². The van der Waals surface area contributed by atoms with Crippen molar-refractivity contribution >= 4 is 0 Å². The van der Waals surface area contributed by atoms with Crippen LogP contribution in [0.15, 0.2) is 18.2 Å². The predicted molar refractivity (Wildman–Crippen MR) is 60.9 cm³/mol. The van der Waals surface area contributed by atoms with E-state index in [0.717, 1.165) is 18.4 Å². The Morgan fingerprint density at radius 3 is 2.69 bits per heavy atom. The SMILES string of the molecule is CNC(c1cc(F)ccc1OC)C1(N)CC1. The standard InChI is InChI=1S/C12H17FN2O/c1-15-11(12(14)5-6-12)9-7-8(13)3-4-10(9)16-2/h3-4,7,11,15H,5-6,14H2,1-2H3. The second kappa shape index (κ2) is 4.03. The molecule has 2 rings (SSSR count). The van der Waals surface area contributed by atoms with Crippen LogP contribution in [0.4, 0.5) is 4.39 Å². The molecule has 3 nitrogen and oxygen atoms in total. The smallest absolute Gasteiger partial charge is 0.123 e. The number of ether oxygens (including phenoxy) is 1. The average Bonchev–Trinajstić information content (AvgIpc) is 2.98. The van der Waals surface area contributed by atoms with Gasteiger partial charge in [-0.05, 0) is 38.1 Å². The van der Waals surface area contributed by atoms with Crippen molar-refractivity contribution in [1.82, 2.24) is 5.32 Å². The molecule has 88 valence electrons. The Hall–Kier alpha value is -1.13. The Labute approximate surface area is 94.8 Å². The fourth-order valence-corrected chi connectivity index (χ4v) is 2.12. The lowest BCUT2D eigenvalue weighted by Crippen LogP contribution is -2.38. The Balaban J connectivity index is 2.40. The van der Waals surface area contributed by atoms with Crippen LogP contribution in [0.2, 0.25) is 0 Å². The minimum atomic E-state index is -0.264. The van der Waals surface area contributed by atoms with E-state index in [1.165, 1.54) is 12.1 Å². The van der Waals surface area contributed by atoms with E-state index in [4.69, 9.17) is 10.5 Å². The van der Waals surface area contributed by atoms with Gasteiger partial charge >= 0.3 is 0 Å². The first-order chi connectivity index (χ1) is 7.60. The fourth-order valence-electron chi connectivity index (χ4n) is 2.12. The second-order valence-electron chi connectivity index (χ2n) is 4.34. The predicted octanol–water partition coefficient (Wildman–Crippen LogP) is 1.59. The summed E-state index contributed by atoms with van der Waals surface area (Å²) in [5.74, 6) is 0.415. The van der Waals surface area contributed by atoms with E-state index < -0.39 is 0 Å². The van der Waals surface area contributed by atoms with Crippen LogP contribution in [0.5, 0.6) is 5.75 Å². The van der Waals surface area contributed by atoms with Crippen molar-refractivity contribution in [3.8, 4) is 5.75 Å². The zero-order valence-electron chi connectivity index (χ0n) is 9.59. The second-order valence-corrected chi connectivity index (χ2v) is 4.34. The molecule has 0 aliphatic heterocycles. The van der Waals surface area contributed by atoms with Gasteiger partial charge in [0.15, 0.2) is 0 Å². The molecule has 16 heavy (non-hydrogen) atoms. The summed E-state index contributed by atoms with van der Waals surface area (Å²) in [6.45, 7) is 0. The van der Waals surface area contributed by atoms with Crippen LogP contribution in [0, 0.1) is 5.82 Å². The van der Waals surface area contributed by atoms with Gasteiger partial charge in [-0.3, -0.25) is 0 Å². The summed E-state index contributed by atoms with van der Waals surface area (Å²) in [7, 11) is 3.42. The summed E-state index contributed by atoms with van der Waals surface area (Å²) < 4.78 is 18.5. The number of hydrogen-bond acceptors (Lipinski definition) is 3. The topological polar surface area (TPSA) is 47.3 Å². The molecule has 0 saturated heterocycles. The molecule has 0 spiro atoms. The molecule has 0 heterocycles. The normalized spacial score (nSPS) is 19.2. The van der Waals surface area contributed by atoms with Crippen LogP contribution < -0.4 is 15.8 Å². The van der Waals surface area contributed by atoms with Crippen LogP contribution in [-0.4, -0.2) is 19.7 Å². The number of halogens is 1. The first-order valence-electron chi connectivity index (χ1n) is 5.40. The zero-order chi connectivity index (χ0) is 11.8. The van der Waals surface area contributed by atoms with Gasteiger partial charge in [0.2, 0.25) is 0 Å². The van der Waals surface area contributed by atoms with Crippen LogP contribution in [0.1, 0.15) is 24.4 Å². The number of rotatable bonds is 4. The van der Waals surface area contributed by atoms with Crippen molar-refractivity contribution in [3.05, 3.63) is 29.6 Å². The molecule has 1 unspecified atom stereocenters. The number of hydrogen-bond donors (Lipinski definition) is 2. The summed E-state index contributed by atoms with van der Waals surface area (Å²) in [4.78, 5) is 0. The summed E-state index contributed by atoms with van der Waals surface area (Å²) in [5.41, 5.74) is 6.71. The van der Waals surface area contributed by atoms with Gasteiger partial charge in [-0.15, -0.1) is 0 Å². The lowest BCUT2D eigenvalue weighted by molar-refractivity contribution is 0.384. The van der Waals surface area contributed by atoms with Gasteiger partial charge in [-0.1, -0.05) is 0 Å². The maximum atomic E-state index is 13.3. The maximum absolute atomic E-state index is 13.3.